The standard InChI is InChI=1S/C11H12ClNO3/c12-7-1-3-10-9(5-7)13-8(6-16-10)2-4-11(14)15/h1,3,5,8,13H,2,4,6H2,(H,14,15). The van der Waals surface area contributed by atoms with Crippen LogP contribution in [0.1, 0.15) is 12.8 Å². The molecular formula is C11H12ClNO3. The molecule has 1 atom stereocenters. The first-order valence-electron chi connectivity index (χ1n) is 5.06. The highest BCUT2D eigenvalue weighted by Gasteiger charge is 2.19. The van der Waals surface area contributed by atoms with Gasteiger partial charge < -0.3 is 15.2 Å². The molecule has 1 aliphatic heterocycles. The number of carbonyl (C=O) groups is 1. The molecule has 1 aromatic carbocycles. The molecule has 0 aliphatic carbocycles. The van der Waals surface area contributed by atoms with Gasteiger partial charge in [-0.1, -0.05) is 11.6 Å². The van der Waals surface area contributed by atoms with Crippen LogP contribution in [-0.2, 0) is 4.79 Å². The van der Waals surface area contributed by atoms with Gasteiger partial charge >= 0.3 is 5.97 Å². The summed E-state index contributed by atoms with van der Waals surface area (Å²) < 4.78 is 5.51. The van der Waals surface area contributed by atoms with Crippen molar-refractivity contribution in [1.82, 2.24) is 0 Å². The minimum atomic E-state index is -0.793. The Bertz CT molecular complexity index is 408. The van der Waals surface area contributed by atoms with Crippen LogP contribution in [0.25, 0.3) is 0 Å². The zero-order chi connectivity index (χ0) is 11.5. The first-order chi connectivity index (χ1) is 7.65. The van der Waals surface area contributed by atoms with E-state index in [0.717, 1.165) is 11.4 Å². The van der Waals surface area contributed by atoms with Gasteiger partial charge in [0.05, 0.1) is 11.7 Å². The van der Waals surface area contributed by atoms with E-state index in [1.807, 2.05) is 0 Å². The molecule has 86 valence electrons. The third-order valence-corrected chi connectivity index (χ3v) is 2.68. The van der Waals surface area contributed by atoms with Crippen molar-refractivity contribution in [3.63, 3.8) is 0 Å². The predicted octanol–water partition coefficient (Wildman–Crippen LogP) is 2.38. The topological polar surface area (TPSA) is 58.6 Å². The van der Waals surface area contributed by atoms with E-state index < -0.39 is 5.97 Å². The van der Waals surface area contributed by atoms with Crippen molar-refractivity contribution in [1.29, 1.82) is 0 Å². The number of fused-ring (bicyclic) bond motifs is 1. The summed E-state index contributed by atoms with van der Waals surface area (Å²) in [6.07, 6.45) is 0.679. The molecule has 0 bridgehead atoms. The van der Waals surface area contributed by atoms with E-state index in [4.69, 9.17) is 21.4 Å². The molecule has 0 amide bonds. The zero-order valence-corrected chi connectivity index (χ0v) is 9.33. The van der Waals surface area contributed by atoms with Crippen LogP contribution in [0.15, 0.2) is 18.2 Å². The summed E-state index contributed by atoms with van der Waals surface area (Å²) >= 11 is 5.86. The number of rotatable bonds is 3. The number of hydrogen-bond acceptors (Lipinski definition) is 3. The van der Waals surface area contributed by atoms with E-state index in [9.17, 15) is 4.79 Å². The second-order valence-corrected chi connectivity index (χ2v) is 4.16. The number of benzene rings is 1. The fraction of sp³-hybridized carbons (Fsp3) is 0.364. The molecule has 0 saturated carbocycles. The molecule has 0 spiro atoms. The lowest BCUT2D eigenvalue weighted by atomic mass is 10.1. The first kappa shape index (κ1) is 11.1. The Morgan fingerprint density at radius 1 is 1.62 bits per heavy atom. The lowest BCUT2D eigenvalue weighted by Crippen LogP contribution is -2.31. The molecule has 16 heavy (non-hydrogen) atoms. The Kier molecular flexibility index (Phi) is 3.19. The monoisotopic (exact) mass is 241 g/mol. The molecule has 4 nitrogen and oxygen atoms in total. The Morgan fingerprint density at radius 2 is 2.44 bits per heavy atom. The average molecular weight is 242 g/mol. The molecule has 0 saturated heterocycles. The number of aliphatic carboxylic acids is 1. The van der Waals surface area contributed by atoms with E-state index in [-0.39, 0.29) is 12.5 Å². The minimum Gasteiger partial charge on any atom is -0.489 e. The summed E-state index contributed by atoms with van der Waals surface area (Å²) in [5.74, 6) is -0.0327. The molecule has 1 aliphatic rings. The fourth-order valence-corrected chi connectivity index (χ4v) is 1.82. The largest absolute Gasteiger partial charge is 0.489 e. The van der Waals surface area contributed by atoms with E-state index in [2.05, 4.69) is 5.32 Å². The highest BCUT2D eigenvalue weighted by atomic mass is 35.5. The van der Waals surface area contributed by atoms with Crippen molar-refractivity contribution in [2.75, 3.05) is 11.9 Å². The van der Waals surface area contributed by atoms with Crippen molar-refractivity contribution in [3.05, 3.63) is 23.2 Å². The lowest BCUT2D eigenvalue weighted by molar-refractivity contribution is -0.137. The van der Waals surface area contributed by atoms with E-state index in [1.54, 1.807) is 18.2 Å². The van der Waals surface area contributed by atoms with Crippen molar-refractivity contribution >= 4 is 23.3 Å². The van der Waals surface area contributed by atoms with Crippen molar-refractivity contribution in [2.45, 2.75) is 18.9 Å². The van der Waals surface area contributed by atoms with Gasteiger partial charge in [-0.2, -0.15) is 0 Å². The highest BCUT2D eigenvalue weighted by Crippen LogP contribution is 2.32. The van der Waals surface area contributed by atoms with Gasteiger partial charge in [-0.15, -0.1) is 0 Å². The summed E-state index contributed by atoms with van der Waals surface area (Å²) in [6, 6.07) is 5.38. The van der Waals surface area contributed by atoms with E-state index in [0.29, 0.717) is 18.1 Å². The van der Waals surface area contributed by atoms with Gasteiger partial charge in [0.25, 0.3) is 0 Å². The average Bonchev–Trinajstić information content (AvgIpc) is 2.25. The molecule has 5 heteroatoms. The minimum absolute atomic E-state index is 0.0297. The van der Waals surface area contributed by atoms with Crippen LogP contribution in [-0.4, -0.2) is 23.7 Å². The van der Waals surface area contributed by atoms with Crippen LogP contribution in [0.2, 0.25) is 5.02 Å². The zero-order valence-electron chi connectivity index (χ0n) is 8.57. The van der Waals surface area contributed by atoms with Gasteiger partial charge in [0, 0.05) is 11.4 Å². The molecule has 1 heterocycles. The Morgan fingerprint density at radius 3 is 3.19 bits per heavy atom. The van der Waals surface area contributed by atoms with Gasteiger partial charge in [0.15, 0.2) is 0 Å². The third-order valence-electron chi connectivity index (χ3n) is 2.45. The summed E-state index contributed by atoms with van der Waals surface area (Å²) in [7, 11) is 0. The second kappa shape index (κ2) is 4.61. The van der Waals surface area contributed by atoms with Crippen LogP contribution in [0, 0.1) is 0 Å². The smallest absolute Gasteiger partial charge is 0.303 e. The number of carboxylic acid groups (broad SMARTS) is 1. The highest BCUT2D eigenvalue weighted by molar-refractivity contribution is 6.30. The molecule has 2 rings (SSSR count). The molecule has 0 radical (unpaired) electrons. The number of halogens is 1. The van der Waals surface area contributed by atoms with Gasteiger partial charge in [-0.25, -0.2) is 0 Å². The fourth-order valence-electron chi connectivity index (χ4n) is 1.65. The number of nitrogens with one attached hydrogen (secondary N) is 1. The number of hydrogen-bond donors (Lipinski definition) is 2. The molecule has 0 fully saturated rings. The molecule has 1 aromatic rings. The number of ether oxygens (including phenoxy) is 1. The van der Waals surface area contributed by atoms with Crippen molar-refractivity contribution < 1.29 is 14.6 Å². The molecular weight excluding hydrogens is 230 g/mol. The second-order valence-electron chi connectivity index (χ2n) is 3.73. The Hall–Kier alpha value is -1.42. The van der Waals surface area contributed by atoms with Crippen LogP contribution < -0.4 is 10.1 Å². The summed E-state index contributed by atoms with van der Waals surface area (Å²) in [5, 5.41) is 12.4. The number of anilines is 1. The van der Waals surface area contributed by atoms with Gasteiger partial charge in [-0.05, 0) is 24.6 Å². The maximum atomic E-state index is 10.5. The molecule has 0 aromatic heterocycles. The Balaban J connectivity index is 2.02. The van der Waals surface area contributed by atoms with Crippen LogP contribution >= 0.6 is 11.6 Å². The Labute approximate surface area is 98.2 Å². The van der Waals surface area contributed by atoms with Crippen molar-refractivity contribution in [3.8, 4) is 5.75 Å². The predicted molar refractivity (Wildman–Crippen MR) is 61.2 cm³/mol. The summed E-state index contributed by atoms with van der Waals surface area (Å²) in [5.41, 5.74) is 0.828. The lowest BCUT2D eigenvalue weighted by Gasteiger charge is -2.27. The van der Waals surface area contributed by atoms with Crippen LogP contribution in [0.5, 0.6) is 5.75 Å². The van der Waals surface area contributed by atoms with E-state index >= 15 is 0 Å². The van der Waals surface area contributed by atoms with Crippen molar-refractivity contribution in [2.24, 2.45) is 0 Å². The quantitative estimate of drug-likeness (QED) is 0.853. The summed E-state index contributed by atoms with van der Waals surface area (Å²) in [4.78, 5) is 10.5. The number of carboxylic acids is 1. The van der Waals surface area contributed by atoms with Crippen LogP contribution in [0.4, 0.5) is 5.69 Å². The van der Waals surface area contributed by atoms with Gasteiger partial charge in [0.2, 0.25) is 0 Å². The van der Waals surface area contributed by atoms with E-state index in [1.165, 1.54) is 0 Å². The van der Waals surface area contributed by atoms with Crippen LogP contribution in [0.3, 0.4) is 0 Å². The molecule has 2 N–H and O–H groups in total. The SMILES string of the molecule is O=C(O)CCC1COc2ccc(Cl)cc2N1. The first-order valence-corrected chi connectivity index (χ1v) is 5.43. The third kappa shape index (κ3) is 2.58. The van der Waals surface area contributed by atoms with Gasteiger partial charge in [0.1, 0.15) is 12.4 Å². The summed E-state index contributed by atoms with van der Waals surface area (Å²) in [6.45, 7) is 0.488. The maximum Gasteiger partial charge on any atom is 0.303 e. The molecule has 1 unspecified atom stereocenters. The van der Waals surface area contributed by atoms with Gasteiger partial charge in [-0.3, -0.25) is 4.79 Å². The maximum absolute atomic E-state index is 10.5. The normalized spacial score (nSPS) is 18.2.